The largest absolute Gasteiger partial charge is 0.476 e. The van der Waals surface area contributed by atoms with Gasteiger partial charge in [0.05, 0.1) is 11.4 Å². The zero-order valence-electron chi connectivity index (χ0n) is 17.9. The van der Waals surface area contributed by atoms with Crippen LogP contribution in [0.15, 0.2) is 52.5 Å². The van der Waals surface area contributed by atoms with Gasteiger partial charge in [-0.05, 0) is 48.9 Å². The number of aromatic nitrogens is 1. The number of aryl methyl sites for hydroxylation is 1. The van der Waals surface area contributed by atoms with Crippen molar-refractivity contribution < 1.29 is 9.90 Å². The first-order chi connectivity index (χ1) is 15.5. The van der Waals surface area contributed by atoms with Crippen LogP contribution in [0.2, 0.25) is 0 Å². The Morgan fingerprint density at radius 1 is 1.25 bits per heavy atom. The second-order valence-corrected chi connectivity index (χ2v) is 10.4. The van der Waals surface area contributed by atoms with Crippen LogP contribution in [0.4, 0.5) is 5.69 Å². The number of nitrogens with zero attached hydrogens (tertiary/aromatic N) is 2. The first kappa shape index (κ1) is 21.0. The quantitative estimate of drug-likeness (QED) is 0.416. The number of benzene rings is 2. The number of aromatic carboxylic acids is 1. The van der Waals surface area contributed by atoms with Crippen molar-refractivity contribution >= 4 is 40.5 Å². The molecule has 5 rings (SSSR count). The third-order valence-electron chi connectivity index (χ3n) is 5.64. The number of carboxylic acid groups (broad SMARTS) is 1. The van der Waals surface area contributed by atoms with Crippen molar-refractivity contribution in [2.75, 3.05) is 5.32 Å². The Bertz CT molecular complexity index is 1190. The van der Waals surface area contributed by atoms with Crippen LogP contribution in [-0.2, 0) is 6.42 Å². The Hall–Kier alpha value is -2.84. The van der Waals surface area contributed by atoms with Crippen LogP contribution in [-0.4, -0.2) is 27.3 Å². The van der Waals surface area contributed by atoms with E-state index < -0.39 is 5.97 Å². The number of nitrogens with one attached hydrogen (secondary N) is 2. The van der Waals surface area contributed by atoms with Crippen molar-refractivity contribution in [2.45, 2.75) is 49.4 Å². The molecule has 0 spiro atoms. The van der Waals surface area contributed by atoms with Gasteiger partial charge in [0.2, 0.25) is 0 Å². The summed E-state index contributed by atoms with van der Waals surface area (Å²) in [7, 11) is 0. The monoisotopic (exact) mass is 464 g/mol. The SMILES string of the molecule is CC(C)c1sc(-c2ccc3c(c2)/C(=N/NC2Nc4ccccc4S2)CCC3)nc1C(=O)O. The van der Waals surface area contributed by atoms with Crippen molar-refractivity contribution in [3.05, 3.63) is 64.2 Å². The molecule has 0 bridgehead atoms. The number of fused-ring (bicyclic) bond motifs is 2. The maximum Gasteiger partial charge on any atom is 0.355 e. The van der Waals surface area contributed by atoms with Crippen molar-refractivity contribution in [3.63, 3.8) is 0 Å². The summed E-state index contributed by atoms with van der Waals surface area (Å²) in [5.41, 5.74) is 8.95. The molecule has 1 aromatic heterocycles. The van der Waals surface area contributed by atoms with Gasteiger partial charge in [0.1, 0.15) is 5.01 Å². The molecular formula is C24H24N4O2S2. The summed E-state index contributed by atoms with van der Waals surface area (Å²) in [5.74, 6) is -0.852. The number of para-hydroxylation sites is 1. The van der Waals surface area contributed by atoms with Crippen LogP contribution in [0.3, 0.4) is 0 Å². The van der Waals surface area contributed by atoms with E-state index >= 15 is 0 Å². The van der Waals surface area contributed by atoms with Crippen LogP contribution >= 0.6 is 23.1 Å². The molecule has 8 heteroatoms. The molecule has 164 valence electrons. The molecule has 3 N–H and O–H groups in total. The van der Waals surface area contributed by atoms with Crippen LogP contribution < -0.4 is 10.7 Å². The highest BCUT2D eigenvalue weighted by Crippen LogP contribution is 2.37. The first-order valence-corrected chi connectivity index (χ1v) is 12.4. The van der Waals surface area contributed by atoms with E-state index in [9.17, 15) is 9.90 Å². The Kier molecular flexibility index (Phi) is 5.65. The maximum absolute atomic E-state index is 11.7. The molecule has 0 saturated carbocycles. The number of thiazole rings is 1. The zero-order valence-corrected chi connectivity index (χ0v) is 19.5. The van der Waals surface area contributed by atoms with Crippen LogP contribution in [0, 0.1) is 0 Å². The van der Waals surface area contributed by atoms with Gasteiger partial charge in [0.15, 0.2) is 11.2 Å². The standard InChI is InChI=1S/C24H24N4O2S2/c1-13(2)21-20(23(29)30)26-22(32-21)15-11-10-14-6-5-8-17(16(14)12-15)27-28-24-25-18-7-3-4-9-19(18)31-24/h3-4,7,9-13,24-25,28H,5-6,8H2,1-2H3,(H,29,30)/b27-17+. The van der Waals surface area contributed by atoms with Gasteiger partial charge in [-0.3, -0.25) is 5.43 Å². The third kappa shape index (κ3) is 4.00. The summed E-state index contributed by atoms with van der Waals surface area (Å²) in [6.45, 7) is 4.00. The molecule has 0 saturated heterocycles. The van der Waals surface area contributed by atoms with Gasteiger partial charge in [0, 0.05) is 20.9 Å². The van der Waals surface area contributed by atoms with Crippen LogP contribution in [0.1, 0.15) is 59.1 Å². The van der Waals surface area contributed by atoms with E-state index in [0.29, 0.717) is 0 Å². The predicted molar refractivity (Wildman–Crippen MR) is 131 cm³/mol. The van der Waals surface area contributed by atoms with E-state index in [1.54, 1.807) is 11.8 Å². The van der Waals surface area contributed by atoms with Crippen molar-refractivity contribution in [1.29, 1.82) is 0 Å². The summed E-state index contributed by atoms with van der Waals surface area (Å²) < 4.78 is 0. The Labute approximate surface area is 195 Å². The average molecular weight is 465 g/mol. The van der Waals surface area contributed by atoms with Crippen LogP contribution in [0.25, 0.3) is 10.6 Å². The predicted octanol–water partition coefficient (Wildman–Crippen LogP) is 5.76. The Morgan fingerprint density at radius 3 is 2.84 bits per heavy atom. The average Bonchev–Trinajstić information content (AvgIpc) is 3.42. The maximum atomic E-state index is 11.7. The number of carboxylic acids is 1. The van der Waals surface area contributed by atoms with Gasteiger partial charge >= 0.3 is 5.97 Å². The molecule has 1 unspecified atom stereocenters. The fourth-order valence-corrected chi connectivity index (χ4v) is 6.09. The lowest BCUT2D eigenvalue weighted by Gasteiger charge is -2.20. The minimum atomic E-state index is -0.969. The lowest BCUT2D eigenvalue weighted by atomic mass is 9.89. The molecular weight excluding hydrogens is 440 g/mol. The smallest absolute Gasteiger partial charge is 0.355 e. The molecule has 32 heavy (non-hydrogen) atoms. The first-order valence-electron chi connectivity index (χ1n) is 10.7. The molecule has 2 aromatic carbocycles. The van der Waals surface area contributed by atoms with Gasteiger partial charge in [0.25, 0.3) is 0 Å². The second-order valence-electron chi connectivity index (χ2n) is 8.24. The minimum absolute atomic E-state index is 0.000790. The number of hydrogen-bond donors (Lipinski definition) is 3. The van der Waals surface area contributed by atoms with E-state index in [1.165, 1.54) is 21.8 Å². The lowest BCUT2D eigenvalue weighted by Crippen LogP contribution is -2.28. The molecule has 0 amide bonds. The fourth-order valence-electron chi connectivity index (χ4n) is 4.07. The Balaban J connectivity index is 1.42. The highest BCUT2D eigenvalue weighted by molar-refractivity contribution is 8.00. The summed E-state index contributed by atoms with van der Waals surface area (Å²) in [5, 5.41) is 18.5. The fraction of sp³-hybridized carbons (Fsp3) is 0.292. The highest BCUT2D eigenvalue weighted by atomic mass is 32.2. The number of anilines is 1. The summed E-state index contributed by atoms with van der Waals surface area (Å²) >= 11 is 3.19. The minimum Gasteiger partial charge on any atom is -0.476 e. The number of thioether (sulfide) groups is 1. The van der Waals surface area contributed by atoms with E-state index in [2.05, 4.69) is 46.1 Å². The van der Waals surface area contributed by atoms with E-state index in [1.807, 2.05) is 26.0 Å². The molecule has 2 heterocycles. The van der Waals surface area contributed by atoms with Crippen LogP contribution in [0.5, 0.6) is 0 Å². The molecule has 6 nitrogen and oxygen atoms in total. The normalized spacial score (nSPS) is 18.3. The van der Waals surface area contributed by atoms with Crippen molar-refractivity contribution in [2.24, 2.45) is 5.10 Å². The van der Waals surface area contributed by atoms with Gasteiger partial charge in [-0.2, -0.15) is 5.10 Å². The molecule has 3 aromatic rings. The van der Waals surface area contributed by atoms with Crippen molar-refractivity contribution in [3.8, 4) is 10.6 Å². The van der Waals surface area contributed by atoms with Crippen molar-refractivity contribution in [1.82, 2.24) is 10.4 Å². The molecule has 1 aliphatic heterocycles. The summed E-state index contributed by atoms with van der Waals surface area (Å²) in [6, 6.07) is 14.6. The number of rotatable bonds is 5. The van der Waals surface area contributed by atoms with E-state index in [0.717, 1.165) is 51.7 Å². The number of carbonyl (C=O) groups is 1. The lowest BCUT2D eigenvalue weighted by molar-refractivity contribution is 0.0690. The molecule has 0 fully saturated rings. The number of hydrogen-bond acceptors (Lipinski definition) is 7. The molecule has 1 atom stereocenters. The second kappa shape index (κ2) is 8.60. The van der Waals surface area contributed by atoms with Gasteiger partial charge in [-0.1, -0.05) is 49.9 Å². The molecule has 0 radical (unpaired) electrons. The van der Waals surface area contributed by atoms with E-state index in [-0.39, 0.29) is 17.1 Å². The van der Waals surface area contributed by atoms with E-state index in [4.69, 9.17) is 5.10 Å². The Morgan fingerprint density at radius 2 is 2.09 bits per heavy atom. The summed E-state index contributed by atoms with van der Waals surface area (Å²) in [6.07, 6.45) is 2.99. The topological polar surface area (TPSA) is 86.6 Å². The van der Waals surface area contributed by atoms with Gasteiger partial charge in [-0.25, -0.2) is 9.78 Å². The van der Waals surface area contributed by atoms with Gasteiger partial charge < -0.3 is 10.4 Å². The molecule has 1 aliphatic carbocycles. The molecule has 2 aliphatic rings. The van der Waals surface area contributed by atoms with Gasteiger partial charge in [-0.15, -0.1) is 11.3 Å². The zero-order chi connectivity index (χ0) is 22.2. The highest BCUT2D eigenvalue weighted by Gasteiger charge is 2.24. The third-order valence-corrected chi connectivity index (χ3v) is 8.12. The summed E-state index contributed by atoms with van der Waals surface area (Å²) in [4.78, 5) is 18.1. The number of hydrazone groups is 1.